The standard InChI is InChI=1S/C14H18N2O5/c1-4-14(5-2,13(18)19)15-12(17)11-7-6-10(16(20)21)8-9(11)3/h6-8H,4-5H2,1-3H3,(H,15,17)(H,18,19). The first-order valence-electron chi connectivity index (χ1n) is 6.58. The zero-order chi connectivity index (χ0) is 16.2. The molecule has 7 nitrogen and oxygen atoms in total. The molecule has 0 radical (unpaired) electrons. The van der Waals surface area contributed by atoms with E-state index in [1.165, 1.54) is 18.2 Å². The second kappa shape index (κ2) is 6.34. The van der Waals surface area contributed by atoms with Gasteiger partial charge in [0.2, 0.25) is 0 Å². The molecule has 0 spiro atoms. The largest absolute Gasteiger partial charge is 0.480 e. The SMILES string of the molecule is CCC(CC)(NC(=O)c1ccc([N+](=O)[O-])cc1C)C(=O)O. The number of nitrogens with zero attached hydrogens (tertiary/aromatic N) is 1. The molecule has 0 atom stereocenters. The number of benzene rings is 1. The van der Waals surface area contributed by atoms with Crippen LogP contribution in [0, 0.1) is 17.0 Å². The molecule has 21 heavy (non-hydrogen) atoms. The predicted molar refractivity (Wildman–Crippen MR) is 76.2 cm³/mol. The van der Waals surface area contributed by atoms with Crippen molar-refractivity contribution >= 4 is 17.6 Å². The molecule has 1 aromatic rings. The summed E-state index contributed by atoms with van der Waals surface area (Å²) in [6, 6.07) is 3.85. The topological polar surface area (TPSA) is 110 Å². The number of carboxylic acids is 1. The number of nitrogens with one attached hydrogen (secondary N) is 1. The van der Waals surface area contributed by atoms with Gasteiger partial charge >= 0.3 is 5.97 Å². The number of aliphatic carboxylic acids is 1. The number of hydrogen-bond acceptors (Lipinski definition) is 4. The van der Waals surface area contributed by atoms with E-state index < -0.39 is 22.3 Å². The lowest BCUT2D eigenvalue weighted by Crippen LogP contribution is -2.53. The Balaban J connectivity index is 3.09. The zero-order valence-corrected chi connectivity index (χ0v) is 12.2. The highest BCUT2D eigenvalue weighted by Gasteiger charge is 2.36. The molecule has 0 aromatic heterocycles. The lowest BCUT2D eigenvalue weighted by Gasteiger charge is -2.28. The van der Waals surface area contributed by atoms with Gasteiger partial charge in [-0.3, -0.25) is 14.9 Å². The van der Waals surface area contributed by atoms with Crippen LogP contribution >= 0.6 is 0 Å². The van der Waals surface area contributed by atoms with Crippen LogP contribution in [0.1, 0.15) is 42.6 Å². The first-order chi connectivity index (χ1) is 9.77. The molecule has 7 heteroatoms. The minimum absolute atomic E-state index is 0.112. The average Bonchev–Trinajstić information content (AvgIpc) is 2.43. The number of nitro groups is 1. The Hall–Kier alpha value is -2.44. The molecular weight excluding hydrogens is 276 g/mol. The molecule has 0 saturated carbocycles. The Labute approximate surface area is 122 Å². The van der Waals surface area contributed by atoms with Crippen LogP contribution in [0.4, 0.5) is 5.69 Å². The molecule has 1 amide bonds. The quantitative estimate of drug-likeness (QED) is 0.617. The van der Waals surface area contributed by atoms with Crippen molar-refractivity contribution in [3.05, 3.63) is 39.4 Å². The van der Waals surface area contributed by atoms with Crippen LogP contribution in [0.5, 0.6) is 0 Å². The van der Waals surface area contributed by atoms with Crippen molar-refractivity contribution in [1.29, 1.82) is 0 Å². The summed E-state index contributed by atoms with van der Waals surface area (Å²) >= 11 is 0. The first kappa shape index (κ1) is 16.6. The average molecular weight is 294 g/mol. The maximum atomic E-state index is 12.2. The minimum Gasteiger partial charge on any atom is -0.480 e. The normalized spacial score (nSPS) is 11.0. The molecular formula is C14H18N2O5. The number of rotatable bonds is 6. The van der Waals surface area contributed by atoms with Gasteiger partial charge in [0.1, 0.15) is 5.54 Å². The number of carboxylic acid groups (broad SMARTS) is 1. The molecule has 114 valence electrons. The Bertz CT molecular complexity index is 579. The first-order valence-corrected chi connectivity index (χ1v) is 6.58. The fraction of sp³-hybridized carbons (Fsp3) is 0.429. The summed E-state index contributed by atoms with van der Waals surface area (Å²) < 4.78 is 0. The number of nitro benzene ring substituents is 1. The third-order valence-corrected chi connectivity index (χ3v) is 3.63. The van der Waals surface area contributed by atoms with Gasteiger partial charge in [-0.25, -0.2) is 4.79 Å². The van der Waals surface area contributed by atoms with Crippen molar-refractivity contribution in [2.75, 3.05) is 0 Å². The molecule has 0 aliphatic carbocycles. The minimum atomic E-state index is -1.33. The molecule has 0 heterocycles. The monoisotopic (exact) mass is 294 g/mol. The van der Waals surface area contributed by atoms with Crippen LogP contribution < -0.4 is 5.32 Å². The van der Waals surface area contributed by atoms with Gasteiger partial charge in [-0.15, -0.1) is 0 Å². The van der Waals surface area contributed by atoms with E-state index in [4.69, 9.17) is 0 Å². The van der Waals surface area contributed by atoms with E-state index in [0.717, 1.165) is 0 Å². The number of carbonyl (C=O) groups is 2. The van der Waals surface area contributed by atoms with Crippen molar-refractivity contribution in [2.24, 2.45) is 0 Å². The highest BCUT2D eigenvalue weighted by molar-refractivity contribution is 5.99. The Morgan fingerprint density at radius 2 is 1.90 bits per heavy atom. The summed E-state index contributed by atoms with van der Waals surface area (Å²) in [4.78, 5) is 33.7. The molecule has 0 saturated heterocycles. The van der Waals surface area contributed by atoms with Gasteiger partial charge < -0.3 is 10.4 Å². The van der Waals surface area contributed by atoms with Crippen LogP contribution in [0.15, 0.2) is 18.2 Å². The number of hydrogen-bond donors (Lipinski definition) is 2. The maximum Gasteiger partial charge on any atom is 0.329 e. The summed E-state index contributed by atoms with van der Waals surface area (Å²) in [6.45, 7) is 4.93. The van der Waals surface area contributed by atoms with Gasteiger partial charge in [0, 0.05) is 17.7 Å². The van der Waals surface area contributed by atoms with Gasteiger partial charge in [-0.1, -0.05) is 13.8 Å². The lowest BCUT2D eigenvalue weighted by molar-refractivity contribution is -0.384. The molecule has 0 aliphatic rings. The van der Waals surface area contributed by atoms with Crippen molar-refractivity contribution in [1.82, 2.24) is 5.32 Å². The highest BCUT2D eigenvalue weighted by atomic mass is 16.6. The van der Waals surface area contributed by atoms with Crippen molar-refractivity contribution in [3.8, 4) is 0 Å². The van der Waals surface area contributed by atoms with E-state index >= 15 is 0 Å². The van der Waals surface area contributed by atoms with E-state index in [0.29, 0.717) is 5.56 Å². The van der Waals surface area contributed by atoms with Gasteiger partial charge in [0.05, 0.1) is 4.92 Å². The predicted octanol–water partition coefficient (Wildman–Crippen LogP) is 2.28. The van der Waals surface area contributed by atoms with Crippen molar-refractivity contribution < 1.29 is 19.6 Å². The number of non-ortho nitro benzene ring substituents is 1. The van der Waals surface area contributed by atoms with Crippen LogP contribution in [0.3, 0.4) is 0 Å². The zero-order valence-electron chi connectivity index (χ0n) is 12.2. The number of aryl methyl sites for hydroxylation is 1. The molecule has 0 unspecified atom stereocenters. The third-order valence-electron chi connectivity index (χ3n) is 3.63. The summed E-state index contributed by atoms with van der Waals surface area (Å²) in [7, 11) is 0. The fourth-order valence-corrected chi connectivity index (χ4v) is 2.08. The second-order valence-electron chi connectivity index (χ2n) is 4.80. The van der Waals surface area contributed by atoms with Crippen LogP contribution in [0.2, 0.25) is 0 Å². The van der Waals surface area contributed by atoms with Gasteiger partial charge in [0.15, 0.2) is 0 Å². The molecule has 0 bridgehead atoms. The Morgan fingerprint density at radius 3 is 2.29 bits per heavy atom. The van der Waals surface area contributed by atoms with Crippen LogP contribution in [-0.2, 0) is 4.79 Å². The number of amides is 1. The summed E-state index contributed by atoms with van der Waals surface area (Å²) in [6.07, 6.45) is 0.493. The summed E-state index contributed by atoms with van der Waals surface area (Å²) in [5.41, 5.74) is -0.786. The van der Waals surface area contributed by atoms with Crippen molar-refractivity contribution in [2.45, 2.75) is 39.2 Å². The molecule has 0 aliphatic heterocycles. The third kappa shape index (κ3) is 3.36. The molecule has 1 aromatic carbocycles. The van der Waals surface area contributed by atoms with Crippen LogP contribution in [-0.4, -0.2) is 27.4 Å². The summed E-state index contributed by atoms with van der Waals surface area (Å²) in [5.74, 6) is -1.64. The highest BCUT2D eigenvalue weighted by Crippen LogP contribution is 2.20. The molecule has 2 N–H and O–H groups in total. The van der Waals surface area contributed by atoms with E-state index in [9.17, 15) is 24.8 Å². The summed E-state index contributed by atoms with van der Waals surface area (Å²) in [5, 5.41) is 22.5. The van der Waals surface area contributed by atoms with Crippen LogP contribution in [0.25, 0.3) is 0 Å². The van der Waals surface area contributed by atoms with E-state index in [1.54, 1.807) is 20.8 Å². The van der Waals surface area contributed by atoms with Gasteiger partial charge in [0.25, 0.3) is 11.6 Å². The van der Waals surface area contributed by atoms with Gasteiger partial charge in [-0.05, 0) is 31.4 Å². The van der Waals surface area contributed by atoms with E-state index in [1.807, 2.05) is 0 Å². The second-order valence-corrected chi connectivity index (χ2v) is 4.80. The van der Waals surface area contributed by atoms with E-state index in [-0.39, 0.29) is 24.1 Å². The smallest absolute Gasteiger partial charge is 0.329 e. The molecule has 0 fully saturated rings. The number of carbonyl (C=O) groups excluding carboxylic acids is 1. The van der Waals surface area contributed by atoms with Crippen molar-refractivity contribution in [3.63, 3.8) is 0 Å². The maximum absolute atomic E-state index is 12.2. The Morgan fingerprint density at radius 1 is 1.33 bits per heavy atom. The lowest BCUT2D eigenvalue weighted by atomic mass is 9.92. The molecule has 1 rings (SSSR count). The van der Waals surface area contributed by atoms with E-state index in [2.05, 4.69) is 5.32 Å². The Kier molecular flexibility index (Phi) is 5.02. The van der Waals surface area contributed by atoms with Gasteiger partial charge in [-0.2, -0.15) is 0 Å². The fourth-order valence-electron chi connectivity index (χ4n) is 2.08.